The number of nitrogens with zero attached hydrogens (tertiary/aromatic N) is 1. The Morgan fingerprint density at radius 2 is 2.10 bits per heavy atom. The number of carbonyl (C=O) groups excluding carboxylic acids is 2. The van der Waals surface area contributed by atoms with Crippen molar-refractivity contribution in [1.82, 2.24) is 4.90 Å². The highest BCUT2D eigenvalue weighted by Crippen LogP contribution is 2.34. The maximum absolute atomic E-state index is 12.1. The van der Waals surface area contributed by atoms with Crippen LogP contribution in [0.2, 0.25) is 0 Å². The number of esters is 1. The molecule has 0 N–H and O–H groups in total. The monoisotopic (exact) mass is 281 g/mol. The van der Waals surface area contributed by atoms with E-state index < -0.39 is 0 Å². The van der Waals surface area contributed by atoms with Gasteiger partial charge in [-0.15, -0.1) is 0 Å². The van der Waals surface area contributed by atoms with E-state index in [-0.39, 0.29) is 17.3 Å². The highest BCUT2D eigenvalue weighted by Gasteiger charge is 2.29. The maximum atomic E-state index is 12.1. The second-order valence-electron chi connectivity index (χ2n) is 6.38. The summed E-state index contributed by atoms with van der Waals surface area (Å²) in [6.07, 6.45) is 5.72. The van der Waals surface area contributed by atoms with Crippen molar-refractivity contribution in [3.8, 4) is 0 Å². The van der Waals surface area contributed by atoms with E-state index in [2.05, 4.69) is 20.8 Å². The highest BCUT2D eigenvalue weighted by molar-refractivity contribution is 5.82. The van der Waals surface area contributed by atoms with E-state index in [1.54, 1.807) is 13.0 Å². The summed E-state index contributed by atoms with van der Waals surface area (Å²) in [4.78, 5) is 25.1. The van der Waals surface area contributed by atoms with Gasteiger partial charge in [-0.25, -0.2) is 4.79 Å². The van der Waals surface area contributed by atoms with Crippen molar-refractivity contribution in [2.45, 2.75) is 47.0 Å². The predicted molar refractivity (Wildman–Crippen MR) is 79.1 cm³/mol. The molecule has 114 valence electrons. The quantitative estimate of drug-likeness (QED) is 0.588. The zero-order valence-corrected chi connectivity index (χ0v) is 13.1. The Kier molecular flexibility index (Phi) is 6.24. The first-order valence-electron chi connectivity index (χ1n) is 7.45. The number of hydrogen-bond acceptors (Lipinski definition) is 3. The smallest absolute Gasteiger partial charge is 0.330 e. The van der Waals surface area contributed by atoms with Crippen LogP contribution in [-0.4, -0.2) is 36.5 Å². The number of amides is 1. The van der Waals surface area contributed by atoms with Crippen LogP contribution in [0.3, 0.4) is 0 Å². The molecule has 0 bridgehead atoms. The molecule has 4 nitrogen and oxygen atoms in total. The minimum absolute atomic E-state index is 0.185. The third-order valence-electron chi connectivity index (χ3n) is 3.90. The first kappa shape index (κ1) is 16.7. The van der Waals surface area contributed by atoms with Crippen molar-refractivity contribution >= 4 is 11.9 Å². The Hall–Kier alpha value is -1.32. The van der Waals surface area contributed by atoms with Gasteiger partial charge in [0.2, 0.25) is 5.91 Å². The average Bonchev–Trinajstić information content (AvgIpc) is 2.52. The number of hydrogen-bond donors (Lipinski definition) is 0. The highest BCUT2D eigenvalue weighted by atomic mass is 16.5. The van der Waals surface area contributed by atoms with Crippen molar-refractivity contribution in [3.63, 3.8) is 0 Å². The molecule has 1 amide bonds. The molecule has 0 aromatic carbocycles. The van der Waals surface area contributed by atoms with Gasteiger partial charge in [0.05, 0.1) is 6.61 Å². The largest absolute Gasteiger partial charge is 0.463 e. The van der Waals surface area contributed by atoms with Gasteiger partial charge in [-0.2, -0.15) is 0 Å². The minimum Gasteiger partial charge on any atom is -0.463 e. The topological polar surface area (TPSA) is 46.6 Å². The van der Waals surface area contributed by atoms with Crippen LogP contribution in [0.1, 0.15) is 47.0 Å². The lowest BCUT2D eigenvalue weighted by molar-refractivity contribution is -0.137. The Labute approximate surface area is 122 Å². The molecule has 1 aliphatic heterocycles. The molecule has 0 radical (unpaired) electrons. The fourth-order valence-corrected chi connectivity index (χ4v) is 2.56. The summed E-state index contributed by atoms with van der Waals surface area (Å²) < 4.78 is 4.82. The van der Waals surface area contributed by atoms with Crippen molar-refractivity contribution in [1.29, 1.82) is 0 Å². The summed E-state index contributed by atoms with van der Waals surface area (Å²) in [6.45, 7) is 10.1. The molecule has 0 spiro atoms. The molecule has 1 heterocycles. The van der Waals surface area contributed by atoms with Gasteiger partial charge in [0.25, 0.3) is 0 Å². The molecule has 1 unspecified atom stereocenters. The molecule has 1 fully saturated rings. The van der Waals surface area contributed by atoms with E-state index in [4.69, 9.17) is 4.74 Å². The van der Waals surface area contributed by atoms with E-state index in [1.807, 2.05) is 4.90 Å². The molecule has 1 atom stereocenters. The molecule has 0 aromatic rings. The third-order valence-corrected chi connectivity index (χ3v) is 3.90. The van der Waals surface area contributed by atoms with Crippen molar-refractivity contribution in [2.75, 3.05) is 19.7 Å². The average molecular weight is 281 g/mol. The zero-order valence-electron chi connectivity index (χ0n) is 13.1. The molecule has 0 saturated carbocycles. The Bertz CT molecular complexity index is 368. The first-order chi connectivity index (χ1) is 9.34. The second kappa shape index (κ2) is 7.46. The van der Waals surface area contributed by atoms with Crippen molar-refractivity contribution in [2.24, 2.45) is 11.3 Å². The summed E-state index contributed by atoms with van der Waals surface area (Å²) in [5.41, 5.74) is 0.247. The molecule has 1 rings (SSSR count). The second-order valence-corrected chi connectivity index (χ2v) is 6.38. The van der Waals surface area contributed by atoms with E-state index in [1.165, 1.54) is 6.08 Å². The summed E-state index contributed by atoms with van der Waals surface area (Å²) in [7, 11) is 0. The summed E-state index contributed by atoms with van der Waals surface area (Å²) in [5.74, 6) is 0.415. The van der Waals surface area contributed by atoms with Crippen LogP contribution in [0, 0.1) is 11.3 Å². The van der Waals surface area contributed by atoms with Gasteiger partial charge in [0, 0.05) is 25.6 Å². The van der Waals surface area contributed by atoms with Crippen LogP contribution in [-0.2, 0) is 14.3 Å². The molecule has 0 aliphatic carbocycles. The summed E-state index contributed by atoms with van der Waals surface area (Å²) in [5, 5.41) is 0. The Balaban J connectivity index is 2.51. The van der Waals surface area contributed by atoms with Crippen LogP contribution in [0.5, 0.6) is 0 Å². The lowest BCUT2D eigenvalue weighted by atomic mass is 9.77. The van der Waals surface area contributed by atoms with E-state index >= 15 is 0 Å². The van der Waals surface area contributed by atoms with Gasteiger partial charge >= 0.3 is 5.97 Å². The third kappa shape index (κ3) is 5.35. The standard InChI is InChI=1S/C16H27NO3/c1-5-20-15(19)7-6-11-17-12-10-13(16(2,3)4)8-9-14(17)18/h6-7,13H,5,8-12H2,1-4H3/b7-6+. The lowest BCUT2D eigenvalue weighted by Gasteiger charge is -2.29. The van der Waals surface area contributed by atoms with Gasteiger partial charge in [0.15, 0.2) is 0 Å². The summed E-state index contributed by atoms with van der Waals surface area (Å²) in [6, 6.07) is 0. The molecule has 0 aromatic heterocycles. The normalized spacial score (nSPS) is 21.1. The van der Waals surface area contributed by atoms with Crippen LogP contribution in [0.4, 0.5) is 0 Å². The molecule has 20 heavy (non-hydrogen) atoms. The fourth-order valence-electron chi connectivity index (χ4n) is 2.56. The predicted octanol–water partition coefficient (Wildman–Crippen LogP) is 2.78. The molecular weight excluding hydrogens is 254 g/mol. The Morgan fingerprint density at radius 3 is 2.70 bits per heavy atom. The molecule has 4 heteroatoms. The lowest BCUT2D eigenvalue weighted by Crippen LogP contribution is -2.31. The number of likely N-dealkylation sites (tertiary alicyclic amines) is 1. The minimum atomic E-state index is -0.345. The number of ether oxygens (including phenoxy) is 1. The van der Waals surface area contributed by atoms with Gasteiger partial charge in [-0.3, -0.25) is 4.79 Å². The molecule has 1 saturated heterocycles. The van der Waals surface area contributed by atoms with Crippen LogP contribution in [0.25, 0.3) is 0 Å². The van der Waals surface area contributed by atoms with Gasteiger partial charge in [-0.1, -0.05) is 26.8 Å². The number of rotatable bonds is 4. The van der Waals surface area contributed by atoms with Crippen LogP contribution >= 0.6 is 0 Å². The van der Waals surface area contributed by atoms with Gasteiger partial charge < -0.3 is 9.64 Å². The van der Waals surface area contributed by atoms with Gasteiger partial charge in [0.1, 0.15) is 0 Å². The van der Waals surface area contributed by atoms with E-state index in [0.717, 1.165) is 19.4 Å². The van der Waals surface area contributed by atoms with E-state index in [0.29, 0.717) is 25.5 Å². The van der Waals surface area contributed by atoms with Gasteiger partial charge in [-0.05, 0) is 31.1 Å². The maximum Gasteiger partial charge on any atom is 0.330 e. The van der Waals surface area contributed by atoms with Crippen molar-refractivity contribution in [3.05, 3.63) is 12.2 Å². The molecule has 1 aliphatic rings. The summed E-state index contributed by atoms with van der Waals surface area (Å²) >= 11 is 0. The Morgan fingerprint density at radius 1 is 1.40 bits per heavy atom. The molecular formula is C16H27NO3. The number of carbonyl (C=O) groups is 2. The zero-order chi connectivity index (χ0) is 15.2. The fraction of sp³-hybridized carbons (Fsp3) is 0.750. The SMILES string of the molecule is CCOC(=O)/C=C/CN1CCC(C(C)(C)C)CCC1=O. The van der Waals surface area contributed by atoms with Crippen molar-refractivity contribution < 1.29 is 14.3 Å². The first-order valence-corrected chi connectivity index (χ1v) is 7.45. The van der Waals surface area contributed by atoms with E-state index in [9.17, 15) is 9.59 Å². The van der Waals surface area contributed by atoms with Crippen LogP contribution < -0.4 is 0 Å². The van der Waals surface area contributed by atoms with Crippen LogP contribution in [0.15, 0.2) is 12.2 Å².